The second-order valence-electron chi connectivity index (χ2n) is 4.90. The van der Waals surface area contributed by atoms with Gasteiger partial charge in [-0.1, -0.05) is 12.1 Å². The summed E-state index contributed by atoms with van der Waals surface area (Å²) in [5, 5.41) is 0. The Kier molecular flexibility index (Phi) is 3.91. The highest BCUT2D eigenvalue weighted by Crippen LogP contribution is 2.29. The molecule has 0 bridgehead atoms. The number of benzene rings is 2. The van der Waals surface area contributed by atoms with E-state index in [0.717, 1.165) is 15.4 Å². The lowest BCUT2D eigenvalue weighted by molar-refractivity contribution is 0.590. The van der Waals surface area contributed by atoms with Crippen molar-refractivity contribution in [3.63, 3.8) is 0 Å². The first-order chi connectivity index (χ1) is 9.75. The average Bonchev–Trinajstić information content (AvgIpc) is 2.42. The SMILES string of the molecule is Cc1cc(N)c(S(=O)(=O)N(C)c2ccccc2F)cc1C. The number of rotatable bonds is 3. The molecule has 0 amide bonds. The van der Waals surface area contributed by atoms with Crippen LogP contribution in [0.4, 0.5) is 15.8 Å². The van der Waals surface area contributed by atoms with Crippen molar-refractivity contribution in [2.75, 3.05) is 17.1 Å². The number of halogens is 1. The van der Waals surface area contributed by atoms with Crippen LogP contribution in [-0.4, -0.2) is 15.5 Å². The molecule has 21 heavy (non-hydrogen) atoms. The normalized spacial score (nSPS) is 11.4. The summed E-state index contributed by atoms with van der Waals surface area (Å²) >= 11 is 0. The summed E-state index contributed by atoms with van der Waals surface area (Å²) in [5.74, 6) is -0.606. The average molecular weight is 308 g/mol. The third-order valence-corrected chi connectivity index (χ3v) is 5.28. The molecule has 0 aliphatic carbocycles. The van der Waals surface area contributed by atoms with Crippen molar-refractivity contribution in [3.05, 3.63) is 53.3 Å². The summed E-state index contributed by atoms with van der Waals surface area (Å²) in [7, 11) is -2.61. The Hall–Kier alpha value is -2.08. The van der Waals surface area contributed by atoms with E-state index in [9.17, 15) is 12.8 Å². The van der Waals surface area contributed by atoms with E-state index in [0.29, 0.717) is 0 Å². The quantitative estimate of drug-likeness (QED) is 0.887. The molecule has 0 aromatic heterocycles. The van der Waals surface area contributed by atoms with E-state index >= 15 is 0 Å². The van der Waals surface area contributed by atoms with Gasteiger partial charge in [-0.25, -0.2) is 12.8 Å². The lowest BCUT2D eigenvalue weighted by Crippen LogP contribution is -2.28. The summed E-state index contributed by atoms with van der Waals surface area (Å²) in [5.41, 5.74) is 7.68. The van der Waals surface area contributed by atoms with Gasteiger partial charge in [0.2, 0.25) is 0 Å². The van der Waals surface area contributed by atoms with Gasteiger partial charge in [0.05, 0.1) is 11.4 Å². The Labute approximate surface area is 124 Å². The maximum absolute atomic E-state index is 13.8. The monoisotopic (exact) mass is 308 g/mol. The molecular weight excluding hydrogens is 291 g/mol. The van der Waals surface area contributed by atoms with Crippen LogP contribution in [0.5, 0.6) is 0 Å². The summed E-state index contributed by atoms with van der Waals surface area (Å²) in [6.07, 6.45) is 0. The number of anilines is 2. The fourth-order valence-corrected chi connectivity index (χ4v) is 3.40. The Bertz CT molecular complexity index is 788. The van der Waals surface area contributed by atoms with Gasteiger partial charge in [0.25, 0.3) is 10.0 Å². The van der Waals surface area contributed by atoms with E-state index in [1.54, 1.807) is 19.1 Å². The second-order valence-corrected chi connectivity index (χ2v) is 6.84. The minimum absolute atomic E-state index is 0.0173. The molecule has 112 valence electrons. The first kappa shape index (κ1) is 15.3. The predicted octanol–water partition coefficient (Wildman–Crippen LogP) is 2.85. The van der Waals surface area contributed by atoms with Gasteiger partial charge in [0, 0.05) is 7.05 Å². The highest BCUT2D eigenvalue weighted by atomic mass is 32.2. The molecule has 2 rings (SSSR count). The van der Waals surface area contributed by atoms with Crippen molar-refractivity contribution >= 4 is 21.4 Å². The van der Waals surface area contributed by atoms with Gasteiger partial charge >= 0.3 is 0 Å². The lowest BCUT2D eigenvalue weighted by atomic mass is 10.1. The van der Waals surface area contributed by atoms with E-state index in [2.05, 4.69) is 0 Å². The Morgan fingerprint density at radius 2 is 1.67 bits per heavy atom. The van der Waals surface area contributed by atoms with Crippen molar-refractivity contribution in [1.82, 2.24) is 0 Å². The van der Waals surface area contributed by atoms with Crippen molar-refractivity contribution in [2.24, 2.45) is 0 Å². The molecule has 0 saturated carbocycles. The van der Waals surface area contributed by atoms with Crippen LogP contribution in [0, 0.1) is 19.7 Å². The van der Waals surface area contributed by atoms with Crippen LogP contribution >= 0.6 is 0 Å². The van der Waals surface area contributed by atoms with Crippen LogP contribution in [0.15, 0.2) is 41.3 Å². The largest absolute Gasteiger partial charge is 0.398 e. The minimum Gasteiger partial charge on any atom is -0.398 e. The van der Waals surface area contributed by atoms with Gasteiger partial charge in [-0.2, -0.15) is 0 Å². The minimum atomic E-state index is -3.92. The van der Waals surface area contributed by atoms with Gasteiger partial charge in [0.15, 0.2) is 0 Å². The Morgan fingerprint density at radius 3 is 2.29 bits per heavy atom. The Balaban J connectivity index is 2.58. The lowest BCUT2D eigenvalue weighted by Gasteiger charge is -2.21. The van der Waals surface area contributed by atoms with E-state index in [1.165, 1.54) is 31.3 Å². The highest BCUT2D eigenvalue weighted by Gasteiger charge is 2.26. The van der Waals surface area contributed by atoms with Crippen LogP contribution < -0.4 is 10.0 Å². The van der Waals surface area contributed by atoms with E-state index in [4.69, 9.17) is 5.73 Å². The van der Waals surface area contributed by atoms with E-state index in [1.807, 2.05) is 6.92 Å². The maximum atomic E-state index is 13.8. The predicted molar refractivity (Wildman–Crippen MR) is 82.3 cm³/mol. The zero-order chi connectivity index (χ0) is 15.8. The summed E-state index contributed by atoms with van der Waals surface area (Å²) < 4.78 is 40.0. The summed E-state index contributed by atoms with van der Waals surface area (Å²) in [4.78, 5) is -0.0173. The van der Waals surface area contributed by atoms with Crippen LogP contribution in [0.3, 0.4) is 0 Å². The van der Waals surface area contributed by atoms with Gasteiger partial charge in [-0.3, -0.25) is 4.31 Å². The number of hydrogen-bond acceptors (Lipinski definition) is 3. The zero-order valence-electron chi connectivity index (χ0n) is 12.1. The van der Waals surface area contributed by atoms with Gasteiger partial charge in [0.1, 0.15) is 10.7 Å². The van der Waals surface area contributed by atoms with Crippen molar-refractivity contribution < 1.29 is 12.8 Å². The number of nitrogen functional groups attached to an aromatic ring is 1. The molecule has 0 radical (unpaired) electrons. The van der Waals surface area contributed by atoms with Gasteiger partial charge < -0.3 is 5.73 Å². The van der Waals surface area contributed by atoms with Gasteiger partial charge in [-0.15, -0.1) is 0 Å². The molecule has 0 unspecified atom stereocenters. The van der Waals surface area contributed by atoms with Crippen LogP contribution in [0.25, 0.3) is 0 Å². The zero-order valence-corrected chi connectivity index (χ0v) is 12.9. The highest BCUT2D eigenvalue weighted by molar-refractivity contribution is 7.93. The molecule has 4 nitrogen and oxygen atoms in total. The number of para-hydroxylation sites is 1. The summed E-state index contributed by atoms with van der Waals surface area (Å²) in [6.45, 7) is 3.65. The fraction of sp³-hybridized carbons (Fsp3) is 0.200. The fourth-order valence-electron chi connectivity index (χ4n) is 2.02. The molecule has 0 aliphatic rings. The van der Waals surface area contributed by atoms with E-state index in [-0.39, 0.29) is 16.3 Å². The maximum Gasteiger partial charge on any atom is 0.266 e. The molecule has 0 saturated heterocycles. The molecule has 0 aliphatic heterocycles. The third-order valence-electron chi connectivity index (χ3n) is 3.46. The standard InChI is InChI=1S/C15H17FN2O2S/c1-10-8-13(17)15(9-11(10)2)21(19,20)18(3)14-7-5-4-6-12(14)16/h4-9H,17H2,1-3H3. The number of aryl methyl sites for hydroxylation is 2. The molecule has 0 heterocycles. The van der Waals surface area contributed by atoms with Crippen molar-refractivity contribution in [3.8, 4) is 0 Å². The van der Waals surface area contributed by atoms with Crippen LogP contribution in [0.2, 0.25) is 0 Å². The summed E-state index contributed by atoms with van der Waals surface area (Å²) in [6, 6.07) is 8.82. The van der Waals surface area contributed by atoms with Crippen LogP contribution in [-0.2, 0) is 10.0 Å². The second kappa shape index (κ2) is 5.37. The molecule has 2 N–H and O–H groups in total. The number of nitrogens with two attached hydrogens (primary N) is 1. The number of nitrogens with zero attached hydrogens (tertiary/aromatic N) is 1. The topological polar surface area (TPSA) is 63.4 Å². The number of sulfonamides is 1. The molecule has 2 aromatic carbocycles. The van der Waals surface area contributed by atoms with Crippen molar-refractivity contribution in [2.45, 2.75) is 18.7 Å². The number of hydrogen-bond donors (Lipinski definition) is 1. The van der Waals surface area contributed by atoms with E-state index < -0.39 is 15.8 Å². The third kappa shape index (κ3) is 2.71. The molecule has 6 heteroatoms. The van der Waals surface area contributed by atoms with Gasteiger partial charge in [-0.05, 0) is 49.2 Å². The first-order valence-electron chi connectivity index (χ1n) is 6.35. The molecule has 0 fully saturated rings. The molecule has 2 aromatic rings. The van der Waals surface area contributed by atoms with Crippen molar-refractivity contribution in [1.29, 1.82) is 0 Å². The molecule has 0 spiro atoms. The molecule has 0 atom stereocenters. The Morgan fingerprint density at radius 1 is 1.10 bits per heavy atom. The first-order valence-corrected chi connectivity index (χ1v) is 7.79. The van der Waals surface area contributed by atoms with Crippen LogP contribution in [0.1, 0.15) is 11.1 Å². The smallest absolute Gasteiger partial charge is 0.266 e. The molecular formula is C15H17FN2O2S.